The highest BCUT2D eigenvalue weighted by molar-refractivity contribution is 7.99. The Labute approximate surface area is 754 Å². The molecule has 11 atom stereocenters. The van der Waals surface area contributed by atoms with Gasteiger partial charge in [0.1, 0.15) is 66.5 Å². The quantitative estimate of drug-likeness (QED) is 0.0173. The van der Waals surface area contributed by atoms with Crippen molar-refractivity contribution in [2.24, 2.45) is 23.1 Å². The summed E-state index contributed by atoms with van der Waals surface area (Å²) in [5, 5.41) is 62.6. The summed E-state index contributed by atoms with van der Waals surface area (Å²) in [6, 6.07) is 3.48. The van der Waals surface area contributed by atoms with Gasteiger partial charge in [0.05, 0.1) is 33.0 Å². The zero-order chi connectivity index (χ0) is 94.0. The van der Waals surface area contributed by atoms with Crippen LogP contribution in [0.2, 0.25) is 0 Å². The summed E-state index contributed by atoms with van der Waals surface area (Å²) < 4.78 is 0. The molecule has 4 bridgehead atoms. The molecule has 3 saturated heterocycles. The highest BCUT2D eigenvalue weighted by Crippen LogP contribution is 2.24. The number of carbonyl (C=O) groups is 19. The van der Waals surface area contributed by atoms with Crippen molar-refractivity contribution >= 4 is 175 Å². The van der Waals surface area contributed by atoms with Gasteiger partial charge in [-0.3, -0.25) is 96.5 Å². The summed E-state index contributed by atoms with van der Waals surface area (Å²) in [5.74, 6) is -21.9. The second-order valence-corrected chi connectivity index (χ2v) is 35.0. The van der Waals surface area contributed by atoms with Crippen LogP contribution in [0.4, 0.5) is 0 Å². The molecule has 0 aliphatic carbocycles. The number of carbonyl (C=O) groups excluding carboxylic acids is 17. The maximum absolute atomic E-state index is 15.5. The molecule has 0 spiro atoms. The van der Waals surface area contributed by atoms with Crippen molar-refractivity contribution in [2.75, 3.05) is 67.6 Å². The van der Waals surface area contributed by atoms with E-state index in [0.717, 1.165) is 42.2 Å². The van der Waals surface area contributed by atoms with E-state index in [1.165, 1.54) is 14.7 Å². The average Bonchev–Trinajstić information content (AvgIpc) is 1.69. The van der Waals surface area contributed by atoms with Gasteiger partial charge in [0.2, 0.25) is 100 Å². The Balaban J connectivity index is 1.22. The number of unbranched alkanes of at least 4 members (excludes halogenated alkanes) is 1. The van der Waals surface area contributed by atoms with Gasteiger partial charge >= 0.3 is 11.9 Å². The van der Waals surface area contributed by atoms with Gasteiger partial charge in [-0.15, -0.1) is 0 Å². The fourth-order valence-electron chi connectivity index (χ4n) is 14.2. The van der Waals surface area contributed by atoms with Crippen LogP contribution in [-0.2, 0) is 110 Å². The molecule has 5 aromatic rings. The highest BCUT2D eigenvalue weighted by atomic mass is 32.2. The van der Waals surface area contributed by atoms with Gasteiger partial charge in [-0.1, -0.05) is 80.6 Å². The Morgan fingerprint density at radius 2 is 0.930 bits per heavy atom. The molecule has 3 aromatic carbocycles. The van der Waals surface area contributed by atoms with E-state index in [2.05, 4.69) is 79.1 Å². The standard InChI is InChI=1S/C83H112N22O21S3/c1-45(2)31-57-76(120)95-56(21-23-70(112)113)75(119)100-61(35-71(114)115)80(124)102-64-41-129-30-26-69(111)105-43-103(42-104(44-105)68(110)25-29-128-40-63(92-46(3)106)81(125)96-55(20-22-65(84)107)74(118)98-60(79(123)97-57)34-49-37-90-53-18-10-8-16-51(49)53)67(109)24-28-127-39-62(72(85)116)101-77(121)58(32-47-13-5-4-6-14-47)93-66(108)38-91-73(117)54(19-11-12-27-88-83(86)87)94-78(122)59(99-82(64)126)33-48-36-89-52-17-9-7-15-50(48)52/h4-10,13-18,36-37,45,54-64,89-90H,11-12,19-35,38-44H2,1-3H3,(H2,84,107)(H2,85,116)(H,91,117)(H,92,106)(H,93,108)(H,94,122)(H,95,120)(H,96,125)(H,97,123)(H,98,118)(H,99,126)(H,100,119)(H,101,121)(H,102,124)(H,112,113)(H,114,115)(H4,86,87,88)/t54-,55-,56-,57-,58-,59-,60-,61-,62-,63-,64-/m0/s1. The van der Waals surface area contributed by atoms with Crippen molar-refractivity contribution < 1.29 is 101 Å². The number of hydrogen-bond donors (Lipinski definition) is 21. The molecule has 24 N–H and O–H groups in total. The van der Waals surface area contributed by atoms with Crippen LogP contribution in [0.1, 0.15) is 115 Å². The lowest BCUT2D eigenvalue weighted by atomic mass is 9.99. The van der Waals surface area contributed by atoms with Crippen molar-refractivity contribution in [3.63, 3.8) is 0 Å². The van der Waals surface area contributed by atoms with E-state index in [0.29, 0.717) is 38.5 Å². The van der Waals surface area contributed by atoms with E-state index >= 15 is 19.2 Å². The number of hydrogen-bond acceptors (Lipinski definition) is 23. The number of fused-ring (bicyclic) bond motifs is 9. The van der Waals surface area contributed by atoms with Crippen molar-refractivity contribution in [1.82, 2.24) is 93.8 Å². The third-order valence-corrected chi connectivity index (χ3v) is 24.1. The molecular weight excluding hydrogens is 1740 g/mol. The number of nitrogens with one attached hydrogen (secondary N) is 16. The minimum Gasteiger partial charge on any atom is -0.481 e. The Morgan fingerprint density at radius 3 is 1.45 bits per heavy atom. The number of nitrogens with zero attached hydrogens (tertiary/aromatic N) is 3. The molecule has 698 valence electrons. The summed E-state index contributed by atoms with van der Waals surface area (Å²) in [6.07, 6.45) is -2.68. The smallest absolute Gasteiger partial charge is 0.305 e. The molecule has 0 unspecified atom stereocenters. The van der Waals surface area contributed by atoms with Gasteiger partial charge in [0.15, 0.2) is 5.96 Å². The summed E-state index contributed by atoms with van der Waals surface area (Å²) >= 11 is 2.86. The van der Waals surface area contributed by atoms with Crippen LogP contribution >= 0.6 is 35.3 Å². The number of primary amides is 2. The lowest BCUT2D eigenvalue weighted by Crippen LogP contribution is -2.61. The number of nitrogens with two attached hydrogens (primary N) is 3. The number of H-pyrrole nitrogens is 2. The van der Waals surface area contributed by atoms with Crippen molar-refractivity contribution in [1.29, 1.82) is 5.41 Å². The normalized spacial score (nSPS) is 23.2. The Bertz CT molecular complexity index is 4900. The SMILES string of the molecule is CC(=O)N[C@H]1CSCCC(=O)N2CN3CN(C2)C(=O)CCSC[C@H](NC(=O)[C@H](CC(=O)O)NC(=O)[C@H](CCC(=O)O)NC(=O)[C@H](CC(C)C)NC(=O)[C@H](Cc2c[nH]c4ccccc24)NC(=O)[C@H](CCC(N)=O)NC1=O)C(=O)N[C@@H](Cc1c[nH]c2ccccc12)C(=O)N[C@@H](CCCCNC(=N)N)C(=O)NCC(=O)N[C@@H](Cc1ccccc1)C(=O)N[C@H](C(N)=O)CSCCC3=O. The summed E-state index contributed by atoms with van der Waals surface area (Å²) in [7, 11) is 0. The largest absolute Gasteiger partial charge is 0.481 e. The van der Waals surface area contributed by atoms with E-state index in [1.54, 1.807) is 105 Å². The second kappa shape index (κ2) is 50.5. The molecule has 129 heavy (non-hydrogen) atoms. The number of carboxylic acids is 2. The number of rotatable bonds is 23. The second-order valence-electron chi connectivity index (χ2n) is 31.6. The summed E-state index contributed by atoms with van der Waals surface area (Å²) in [4.78, 5) is 281. The van der Waals surface area contributed by atoms with Crippen LogP contribution < -0.4 is 86.3 Å². The molecular formula is C83H112N22O21S3. The molecule has 5 heterocycles. The molecule has 8 rings (SSSR count). The van der Waals surface area contributed by atoms with Gasteiger partial charge in [-0.25, -0.2) is 0 Å². The molecule has 2 aromatic heterocycles. The zero-order valence-corrected chi connectivity index (χ0v) is 73.9. The molecule has 0 saturated carbocycles. The first-order valence-electron chi connectivity index (χ1n) is 41.9. The molecule has 3 aliphatic rings. The average molecular weight is 1850 g/mol. The first-order chi connectivity index (χ1) is 61.5. The van der Waals surface area contributed by atoms with E-state index in [1.807, 2.05) is 0 Å². The van der Waals surface area contributed by atoms with Crippen molar-refractivity contribution in [3.8, 4) is 0 Å². The highest BCUT2D eigenvalue weighted by Gasteiger charge is 2.40. The molecule has 17 amide bonds. The third-order valence-electron chi connectivity index (χ3n) is 20.9. The van der Waals surface area contributed by atoms with Crippen LogP contribution in [-0.4, -0.2) is 287 Å². The number of guanidine groups is 1. The van der Waals surface area contributed by atoms with E-state index in [9.17, 15) is 82.1 Å². The predicted octanol–water partition coefficient (Wildman–Crippen LogP) is -3.30. The maximum Gasteiger partial charge on any atom is 0.305 e. The fourth-order valence-corrected chi connectivity index (χ4v) is 17.1. The Kier molecular flexibility index (Phi) is 39.7. The lowest BCUT2D eigenvalue weighted by Gasteiger charge is -2.42. The monoisotopic (exact) mass is 1850 g/mol. The van der Waals surface area contributed by atoms with E-state index in [4.69, 9.17) is 22.6 Å². The number of amides is 17. The van der Waals surface area contributed by atoms with Crippen LogP contribution in [0, 0.1) is 11.3 Å². The molecule has 3 fully saturated rings. The van der Waals surface area contributed by atoms with Crippen LogP contribution in [0.3, 0.4) is 0 Å². The van der Waals surface area contributed by atoms with Gasteiger partial charge in [-0.2, -0.15) is 35.3 Å². The van der Waals surface area contributed by atoms with Gasteiger partial charge in [0.25, 0.3) is 0 Å². The molecule has 43 nitrogen and oxygen atoms in total. The zero-order valence-electron chi connectivity index (χ0n) is 71.4. The Hall–Kier alpha value is -13.0. The first kappa shape index (κ1) is 101. The number of para-hydroxylation sites is 2. The van der Waals surface area contributed by atoms with Crippen molar-refractivity contribution in [3.05, 3.63) is 108 Å². The fraction of sp³-hybridized carbons (Fsp3) is 0.494. The summed E-state index contributed by atoms with van der Waals surface area (Å²) in [5.41, 5.74) is 19.6. The number of aromatic amines is 2. The van der Waals surface area contributed by atoms with Gasteiger partial charge in [0, 0.05) is 134 Å². The molecule has 0 radical (unpaired) electrons. The minimum absolute atomic E-state index is 0.0448. The minimum atomic E-state index is -2.21. The third kappa shape index (κ3) is 33.0. The van der Waals surface area contributed by atoms with Crippen LogP contribution in [0.5, 0.6) is 0 Å². The molecule has 46 heteroatoms. The Morgan fingerprint density at radius 1 is 0.481 bits per heavy atom. The molecule has 3 aliphatic heterocycles. The van der Waals surface area contributed by atoms with Crippen LogP contribution in [0.25, 0.3) is 21.8 Å². The number of thioether (sulfide) groups is 3. The number of carboxylic acid groups (broad SMARTS) is 2. The van der Waals surface area contributed by atoms with E-state index < -0.39 is 256 Å². The van der Waals surface area contributed by atoms with Crippen molar-refractivity contribution in [2.45, 2.75) is 184 Å². The maximum atomic E-state index is 15.5. The first-order valence-corrected chi connectivity index (χ1v) is 45.3. The topological polar surface area (TPSA) is 664 Å². The lowest BCUT2D eigenvalue weighted by molar-refractivity contribution is -0.158. The van der Waals surface area contributed by atoms with E-state index in [-0.39, 0.29) is 99.1 Å². The summed E-state index contributed by atoms with van der Waals surface area (Å²) in [6.45, 7) is 2.51. The number of aromatic nitrogens is 2. The number of benzene rings is 3. The number of aliphatic carboxylic acids is 2. The van der Waals surface area contributed by atoms with Gasteiger partial charge < -0.3 is 121 Å². The van der Waals surface area contributed by atoms with Gasteiger partial charge in [-0.05, 0) is 73.3 Å². The van der Waals surface area contributed by atoms with Crippen LogP contribution in [0.15, 0.2) is 91.3 Å². The predicted molar refractivity (Wildman–Crippen MR) is 475 cm³/mol.